The molecule has 112 valence electrons. The second kappa shape index (κ2) is 17.3. The van der Waals surface area contributed by atoms with Crippen LogP contribution >= 0.6 is 0 Å². The van der Waals surface area contributed by atoms with Crippen molar-refractivity contribution < 1.29 is 5.11 Å². The third kappa shape index (κ3) is 17.3. The summed E-state index contributed by atoms with van der Waals surface area (Å²) < 4.78 is 0. The smallest absolute Gasteiger partial charge is 0.0892 e. The largest absolute Gasteiger partial charge is 0.396 e. The molecular formula is C16H32N2O. The van der Waals surface area contributed by atoms with Crippen LogP contribution in [0.4, 0.5) is 0 Å². The Balaban J connectivity index is 3.15. The van der Waals surface area contributed by atoms with Crippen LogP contribution in [0.5, 0.6) is 0 Å². The highest BCUT2D eigenvalue weighted by Gasteiger charge is 1.89. The van der Waals surface area contributed by atoms with Gasteiger partial charge >= 0.3 is 0 Å². The van der Waals surface area contributed by atoms with Gasteiger partial charge in [0.15, 0.2) is 0 Å². The molecule has 0 saturated carbocycles. The SMILES string of the molecule is CCCCCCCN=C=NCCCCCCCCO. The van der Waals surface area contributed by atoms with Crippen LogP contribution in [0.3, 0.4) is 0 Å². The molecule has 0 saturated heterocycles. The molecule has 0 aliphatic carbocycles. The van der Waals surface area contributed by atoms with Crippen molar-refractivity contribution in [2.75, 3.05) is 19.7 Å². The van der Waals surface area contributed by atoms with Gasteiger partial charge in [0.25, 0.3) is 0 Å². The maximum absolute atomic E-state index is 8.64. The molecule has 0 unspecified atom stereocenters. The Bertz CT molecular complexity index is 223. The van der Waals surface area contributed by atoms with E-state index >= 15 is 0 Å². The van der Waals surface area contributed by atoms with Gasteiger partial charge in [-0.25, -0.2) is 9.98 Å². The molecule has 0 amide bonds. The van der Waals surface area contributed by atoms with Gasteiger partial charge in [-0.05, 0) is 19.3 Å². The summed E-state index contributed by atoms with van der Waals surface area (Å²) in [6, 6.07) is 2.80. The van der Waals surface area contributed by atoms with Gasteiger partial charge in [-0.15, -0.1) is 0 Å². The molecule has 1 N–H and O–H groups in total. The molecule has 0 aliphatic heterocycles. The molecule has 3 nitrogen and oxygen atoms in total. The van der Waals surface area contributed by atoms with E-state index in [1.165, 1.54) is 51.4 Å². The van der Waals surface area contributed by atoms with Crippen molar-refractivity contribution in [3.05, 3.63) is 0 Å². The average Bonchev–Trinajstić information content (AvgIpc) is 2.43. The Kier molecular flexibility index (Phi) is 16.7. The summed E-state index contributed by atoms with van der Waals surface area (Å²) >= 11 is 0. The molecule has 0 rings (SSSR count). The normalized spacial score (nSPS) is 10.2. The fraction of sp³-hybridized carbons (Fsp3) is 0.938. The Hall–Kier alpha value is -0.660. The van der Waals surface area contributed by atoms with Gasteiger partial charge in [-0.1, -0.05) is 58.3 Å². The van der Waals surface area contributed by atoms with E-state index < -0.39 is 0 Å². The fourth-order valence-electron chi connectivity index (χ4n) is 1.95. The molecule has 3 heteroatoms. The van der Waals surface area contributed by atoms with Crippen LogP contribution in [0, 0.1) is 0 Å². The minimum atomic E-state index is 0.333. The van der Waals surface area contributed by atoms with Crippen molar-refractivity contribution in [2.45, 2.75) is 77.6 Å². The summed E-state index contributed by atoms with van der Waals surface area (Å²) in [6.07, 6.45) is 13.4. The van der Waals surface area contributed by atoms with Gasteiger partial charge in [0.05, 0.1) is 6.01 Å². The summed E-state index contributed by atoms with van der Waals surface area (Å²) in [5.41, 5.74) is 0. The number of rotatable bonds is 14. The number of unbranched alkanes of at least 4 members (excludes halogenated alkanes) is 9. The molecule has 0 spiro atoms. The van der Waals surface area contributed by atoms with Gasteiger partial charge in [-0.3, -0.25) is 0 Å². The van der Waals surface area contributed by atoms with Crippen molar-refractivity contribution in [1.82, 2.24) is 0 Å². The van der Waals surface area contributed by atoms with E-state index in [-0.39, 0.29) is 0 Å². The lowest BCUT2D eigenvalue weighted by atomic mass is 10.1. The minimum Gasteiger partial charge on any atom is -0.396 e. The van der Waals surface area contributed by atoms with Crippen LogP contribution in [0.25, 0.3) is 0 Å². The summed E-state index contributed by atoms with van der Waals surface area (Å²) in [6.45, 7) is 4.31. The molecule has 0 fully saturated rings. The zero-order valence-electron chi connectivity index (χ0n) is 12.7. The van der Waals surface area contributed by atoms with E-state index in [4.69, 9.17) is 5.11 Å². The number of aliphatic hydroxyl groups excluding tert-OH is 1. The number of hydrogen-bond donors (Lipinski definition) is 1. The third-order valence-corrected chi connectivity index (χ3v) is 3.19. The minimum absolute atomic E-state index is 0.333. The number of nitrogens with zero attached hydrogens (tertiary/aromatic N) is 2. The van der Waals surface area contributed by atoms with Crippen molar-refractivity contribution in [1.29, 1.82) is 0 Å². The van der Waals surface area contributed by atoms with Crippen molar-refractivity contribution in [2.24, 2.45) is 9.98 Å². The van der Waals surface area contributed by atoms with Crippen LogP contribution in [0.1, 0.15) is 77.6 Å². The number of hydrogen-bond acceptors (Lipinski definition) is 3. The first-order valence-corrected chi connectivity index (χ1v) is 8.10. The van der Waals surface area contributed by atoms with Crippen molar-refractivity contribution in [3.8, 4) is 0 Å². The lowest BCUT2D eigenvalue weighted by molar-refractivity contribution is 0.282. The van der Waals surface area contributed by atoms with E-state index in [0.717, 1.165) is 32.4 Å². The summed E-state index contributed by atoms with van der Waals surface area (Å²) in [5, 5.41) is 8.64. The molecule has 0 bridgehead atoms. The van der Waals surface area contributed by atoms with Gasteiger partial charge < -0.3 is 5.11 Å². The first-order chi connectivity index (χ1) is 9.41. The number of aliphatic imine (C=N–C) groups is 2. The van der Waals surface area contributed by atoms with E-state index in [9.17, 15) is 0 Å². The fourth-order valence-corrected chi connectivity index (χ4v) is 1.95. The molecule has 0 atom stereocenters. The molecule has 0 radical (unpaired) electrons. The maximum Gasteiger partial charge on any atom is 0.0892 e. The van der Waals surface area contributed by atoms with Crippen molar-refractivity contribution >= 4 is 6.01 Å². The van der Waals surface area contributed by atoms with E-state index in [0.29, 0.717) is 6.61 Å². The van der Waals surface area contributed by atoms with Crippen molar-refractivity contribution in [3.63, 3.8) is 0 Å². The molecule has 0 aromatic carbocycles. The van der Waals surface area contributed by atoms with Crippen LogP contribution in [-0.2, 0) is 0 Å². The second-order valence-corrected chi connectivity index (χ2v) is 5.12. The Labute approximate surface area is 119 Å². The highest BCUT2D eigenvalue weighted by molar-refractivity contribution is 5.40. The molecule has 0 heterocycles. The standard InChI is InChI=1S/C16H32N2O/c1-2-3-4-7-10-13-17-16-18-14-11-8-5-6-9-12-15-19/h19H,2-15H2,1H3. The van der Waals surface area contributed by atoms with Crippen LogP contribution in [0.15, 0.2) is 9.98 Å². The van der Waals surface area contributed by atoms with E-state index in [2.05, 4.69) is 22.9 Å². The topological polar surface area (TPSA) is 45.0 Å². The average molecular weight is 268 g/mol. The zero-order valence-corrected chi connectivity index (χ0v) is 12.7. The summed E-state index contributed by atoms with van der Waals surface area (Å²) in [4.78, 5) is 8.37. The Morgan fingerprint density at radius 3 is 1.68 bits per heavy atom. The lowest BCUT2D eigenvalue weighted by Crippen LogP contribution is -1.85. The predicted molar refractivity (Wildman–Crippen MR) is 83.1 cm³/mol. The molecule has 19 heavy (non-hydrogen) atoms. The van der Waals surface area contributed by atoms with E-state index in [1.807, 2.05) is 0 Å². The lowest BCUT2D eigenvalue weighted by Gasteiger charge is -1.97. The van der Waals surface area contributed by atoms with E-state index in [1.54, 1.807) is 0 Å². The molecular weight excluding hydrogens is 236 g/mol. The highest BCUT2D eigenvalue weighted by Crippen LogP contribution is 2.04. The third-order valence-electron chi connectivity index (χ3n) is 3.19. The monoisotopic (exact) mass is 268 g/mol. The van der Waals surface area contributed by atoms with Crippen LogP contribution in [-0.4, -0.2) is 30.8 Å². The quantitative estimate of drug-likeness (QED) is 0.367. The predicted octanol–water partition coefficient (Wildman–Crippen LogP) is 4.46. The Morgan fingerprint density at radius 1 is 0.684 bits per heavy atom. The molecule has 0 aromatic rings. The summed E-state index contributed by atoms with van der Waals surface area (Å²) in [7, 11) is 0. The van der Waals surface area contributed by atoms with Gasteiger partial charge in [-0.2, -0.15) is 0 Å². The van der Waals surface area contributed by atoms with Crippen LogP contribution in [0.2, 0.25) is 0 Å². The first-order valence-electron chi connectivity index (χ1n) is 8.10. The highest BCUT2D eigenvalue weighted by atomic mass is 16.2. The Morgan fingerprint density at radius 2 is 1.16 bits per heavy atom. The van der Waals surface area contributed by atoms with Gasteiger partial charge in [0.1, 0.15) is 0 Å². The van der Waals surface area contributed by atoms with Gasteiger partial charge in [0, 0.05) is 19.7 Å². The zero-order chi connectivity index (χ0) is 14.0. The summed E-state index contributed by atoms with van der Waals surface area (Å²) in [5.74, 6) is 0. The second-order valence-electron chi connectivity index (χ2n) is 5.12. The molecule has 0 aliphatic rings. The maximum atomic E-state index is 8.64. The van der Waals surface area contributed by atoms with Crippen LogP contribution < -0.4 is 0 Å². The molecule has 0 aromatic heterocycles. The van der Waals surface area contributed by atoms with Gasteiger partial charge in [0.2, 0.25) is 0 Å². The number of aliphatic hydroxyl groups is 1. The first kappa shape index (κ1) is 18.3.